The van der Waals surface area contributed by atoms with E-state index in [9.17, 15) is 83.8 Å². The average Bonchev–Trinajstić information content (AvgIpc) is 2.71. The minimum Gasteiger partial charge on any atom is -0.484 e. The molecule has 44 heavy (non-hydrogen) atoms. The van der Waals surface area contributed by atoms with Gasteiger partial charge in [0, 0.05) is 4.47 Å². The molecule has 252 valence electrons. The third-order valence-corrected chi connectivity index (χ3v) is 6.85. The highest BCUT2D eigenvalue weighted by atomic mass is 79.9. The number of rotatable bonds is 4. The Kier molecular flexibility index (Phi) is 8.66. The van der Waals surface area contributed by atoms with E-state index in [-0.39, 0.29) is 6.07 Å². The van der Waals surface area contributed by atoms with Crippen molar-refractivity contribution >= 4 is 21.9 Å². The van der Waals surface area contributed by atoms with Crippen LogP contribution in [0.5, 0.6) is 5.75 Å². The lowest BCUT2D eigenvalue weighted by molar-refractivity contribution is -0.472. The van der Waals surface area contributed by atoms with E-state index < -0.39 is 111 Å². The standard InChI is InChI=1S/C20H7BrF20O3/c21-7-1-6(2-8(3-7)44-5-12(22,23)24)13(18(33,34)35)14(25,26)9(15(27,28)29)4-11(10(42)43,17(30,31)32)16(13,19(36,37)38)20(39,40)41/h1-4H,5H2,(H,42,43). The summed E-state index contributed by atoms with van der Waals surface area (Å²) in [5.74, 6) is -14.7. The summed E-state index contributed by atoms with van der Waals surface area (Å²) < 4.78 is 288. The monoisotopic (exact) mass is 754 g/mol. The number of carboxylic acids is 1. The van der Waals surface area contributed by atoms with Crippen LogP contribution in [-0.2, 0) is 10.2 Å². The zero-order valence-corrected chi connectivity index (χ0v) is 21.3. The molecular formula is C20H7BrF20O3. The van der Waals surface area contributed by atoms with Crippen LogP contribution < -0.4 is 4.74 Å². The van der Waals surface area contributed by atoms with E-state index in [0.717, 1.165) is 0 Å². The van der Waals surface area contributed by atoms with Crippen LogP contribution in [0.25, 0.3) is 0 Å². The Morgan fingerprint density at radius 1 is 0.727 bits per heavy atom. The highest BCUT2D eigenvalue weighted by molar-refractivity contribution is 9.10. The molecule has 0 saturated heterocycles. The second-order valence-electron chi connectivity index (χ2n) is 8.81. The van der Waals surface area contributed by atoms with Crippen LogP contribution in [-0.4, -0.2) is 60.7 Å². The predicted octanol–water partition coefficient (Wildman–Crippen LogP) is 9.07. The average molecular weight is 755 g/mol. The minimum absolute atomic E-state index is 0.0577. The van der Waals surface area contributed by atoms with Crippen LogP contribution in [0, 0.1) is 10.8 Å². The molecule has 3 nitrogen and oxygen atoms in total. The van der Waals surface area contributed by atoms with Crippen molar-refractivity contribution in [3.05, 3.63) is 39.9 Å². The van der Waals surface area contributed by atoms with E-state index in [4.69, 9.17) is 5.11 Å². The fourth-order valence-corrected chi connectivity index (χ4v) is 5.53. The zero-order valence-electron chi connectivity index (χ0n) is 19.7. The quantitative estimate of drug-likeness (QED) is 0.247. The van der Waals surface area contributed by atoms with E-state index in [2.05, 4.69) is 4.74 Å². The first-order chi connectivity index (χ1) is 19.1. The lowest BCUT2D eigenvalue weighted by Gasteiger charge is -2.62. The van der Waals surface area contributed by atoms with Gasteiger partial charge >= 0.3 is 43.0 Å². The molecule has 1 aromatic carbocycles. The number of carbonyl (C=O) groups is 1. The molecule has 1 aromatic rings. The van der Waals surface area contributed by atoms with Gasteiger partial charge < -0.3 is 9.84 Å². The smallest absolute Gasteiger partial charge is 0.422 e. The molecule has 2 rings (SSSR count). The lowest BCUT2D eigenvalue weighted by atomic mass is 9.41. The first-order valence-corrected chi connectivity index (χ1v) is 11.1. The predicted molar refractivity (Wildman–Crippen MR) is 103 cm³/mol. The normalized spacial score (nSPS) is 25.0. The Labute approximate surface area is 236 Å². The summed E-state index contributed by atoms with van der Waals surface area (Å²) in [5.41, 5.74) is -32.5. The molecule has 2 unspecified atom stereocenters. The molecule has 0 radical (unpaired) electrons. The van der Waals surface area contributed by atoms with E-state index in [1.807, 2.05) is 15.9 Å². The summed E-state index contributed by atoms with van der Waals surface area (Å²) in [6.07, 6.45) is -49.3. The second-order valence-corrected chi connectivity index (χ2v) is 9.73. The number of halogens is 21. The molecule has 0 saturated carbocycles. The summed E-state index contributed by atoms with van der Waals surface area (Å²) >= 11 is 2.01. The van der Waals surface area contributed by atoms with Gasteiger partial charge in [0.15, 0.2) is 12.0 Å². The van der Waals surface area contributed by atoms with Crippen molar-refractivity contribution in [2.45, 2.75) is 48.4 Å². The topological polar surface area (TPSA) is 46.5 Å². The van der Waals surface area contributed by atoms with Crippen molar-refractivity contribution in [2.75, 3.05) is 6.61 Å². The van der Waals surface area contributed by atoms with Crippen molar-refractivity contribution in [3.8, 4) is 5.75 Å². The third kappa shape index (κ3) is 5.01. The van der Waals surface area contributed by atoms with Crippen molar-refractivity contribution in [1.29, 1.82) is 0 Å². The number of hydrogen-bond donors (Lipinski definition) is 1. The fourth-order valence-electron chi connectivity index (χ4n) is 5.06. The molecule has 0 aliphatic heterocycles. The molecule has 2 atom stereocenters. The van der Waals surface area contributed by atoms with Gasteiger partial charge in [-0.05, 0) is 29.8 Å². The number of ether oxygens (including phenoxy) is 1. The molecule has 1 N–H and O–H groups in total. The van der Waals surface area contributed by atoms with E-state index in [1.165, 1.54) is 0 Å². The van der Waals surface area contributed by atoms with Crippen molar-refractivity contribution in [2.24, 2.45) is 10.8 Å². The fraction of sp³-hybridized carbons (Fsp3) is 0.550. The van der Waals surface area contributed by atoms with Gasteiger partial charge in [-0.1, -0.05) is 15.9 Å². The molecule has 0 bridgehead atoms. The van der Waals surface area contributed by atoms with Crippen LogP contribution in [0.15, 0.2) is 34.3 Å². The van der Waals surface area contributed by atoms with Gasteiger partial charge in [-0.2, -0.15) is 87.8 Å². The van der Waals surface area contributed by atoms with Crippen LogP contribution in [0.3, 0.4) is 0 Å². The van der Waals surface area contributed by atoms with Gasteiger partial charge in [0.25, 0.3) is 5.92 Å². The van der Waals surface area contributed by atoms with Crippen LogP contribution in [0.4, 0.5) is 87.8 Å². The Morgan fingerprint density at radius 3 is 1.50 bits per heavy atom. The Hall–Kier alpha value is -2.69. The molecular weight excluding hydrogens is 748 g/mol. The first-order valence-electron chi connectivity index (χ1n) is 10.3. The van der Waals surface area contributed by atoms with E-state index in [1.54, 1.807) is 0 Å². The molecule has 0 aromatic heterocycles. The second kappa shape index (κ2) is 10.2. The van der Waals surface area contributed by atoms with Crippen LogP contribution in [0.2, 0.25) is 0 Å². The number of aliphatic carboxylic acids is 1. The molecule has 0 amide bonds. The van der Waals surface area contributed by atoms with Gasteiger partial charge in [0.2, 0.25) is 10.8 Å². The van der Waals surface area contributed by atoms with E-state index in [0.29, 0.717) is 0 Å². The van der Waals surface area contributed by atoms with Crippen LogP contribution in [0.1, 0.15) is 5.56 Å². The van der Waals surface area contributed by atoms with Crippen molar-refractivity contribution < 1.29 is 102 Å². The lowest BCUT2D eigenvalue weighted by Crippen LogP contribution is -2.84. The highest BCUT2D eigenvalue weighted by Crippen LogP contribution is 2.82. The molecule has 1 aliphatic carbocycles. The van der Waals surface area contributed by atoms with Crippen molar-refractivity contribution in [1.82, 2.24) is 0 Å². The molecule has 0 fully saturated rings. The summed E-state index contributed by atoms with van der Waals surface area (Å²) in [4.78, 5) is 11.8. The van der Waals surface area contributed by atoms with Gasteiger partial charge in [-0.15, -0.1) is 0 Å². The maximum Gasteiger partial charge on any atom is 0.422 e. The zero-order chi connectivity index (χ0) is 35.1. The third-order valence-electron chi connectivity index (χ3n) is 6.40. The number of benzene rings is 1. The van der Waals surface area contributed by atoms with Gasteiger partial charge in [-0.25, -0.2) is 0 Å². The first kappa shape index (κ1) is 37.5. The number of hydrogen-bond acceptors (Lipinski definition) is 2. The molecule has 24 heteroatoms. The summed E-state index contributed by atoms with van der Waals surface area (Å²) in [5, 5.41) is 9.17. The summed E-state index contributed by atoms with van der Waals surface area (Å²) in [6.45, 7) is -2.70. The Morgan fingerprint density at radius 2 is 1.18 bits per heavy atom. The Bertz CT molecular complexity index is 1300. The number of allylic oxidation sites excluding steroid dienone is 1. The number of alkyl halides is 20. The Balaban J connectivity index is 3.68. The summed E-state index contributed by atoms with van der Waals surface area (Å²) in [7, 11) is 0. The number of carboxylic acid groups (broad SMARTS) is 1. The molecule has 0 spiro atoms. The molecule has 1 aliphatic rings. The van der Waals surface area contributed by atoms with Gasteiger partial charge in [0.05, 0.1) is 0 Å². The van der Waals surface area contributed by atoms with E-state index >= 15 is 8.78 Å². The van der Waals surface area contributed by atoms with Crippen molar-refractivity contribution in [3.63, 3.8) is 0 Å². The van der Waals surface area contributed by atoms with Crippen LogP contribution >= 0.6 is 15.9 Å². The maximum atomic E-state index is 15.8. The van der Waals surface area contributed by atoms with Gasteiger partial charge in [-0.3, -0.25) is 4.79 Å². The SMILES string of the molecule is O=C(O)C1(C(F)(F)F)C=C(C(F)(F)F)C(F)(F)C(c2cc(Br)cc(OCC(F)(F)F)c2)(C(F)(F)F)C1(C(F)(F)F)C(F)(F)F. The molecule has 0 heterocycles. The maximum absolute atomic E-state index is 15.8. The minimum atomic E-state index is -8.57. The largest absolute Gasteiger partial charge is 0.484 e. The summed E-state index contributed by atoms with van der Waals surface area (Å²) in [6, 6.07) is -2.19. The highest BCUT2D eigenvalue weighted by Gasteiger charge is 3.03. The van der Waals surface area contributed by atoms with Gasteiger partial charge in [0.1, 0.15) is 11.3 Å².